The number of hydrazone groups is 1. The summed E-state index contributed by atoms with van der Waals surface area (Å²) >= 11 is 1.10. The van der Waals surface area contributed by atoms with E-state index in [1.54, 1.807) is 6.26 Å². The molecule has 0 aliphatic carbocycles. The van der Waals surface area contributed by atoms with Crippen molar-refractivity contribution < 1.29 is 36.0 Å². The van der Waals surface area contributed by atoms with Gasteiger partial charge in [0.05, 0.1) is 10.9 Å². The van der Waals surface area contributed by atoms with E-state index in [1.165, 1.54) is 9.73 Å². The lowest BCUT2D eigenvalue weighted by Crippen LogP contribution is -2.93. The van der Waals surface area contributed by atoms with Gasteiger partial charge in [0, 0.05) is 19.2 Å². The first kappa shape index (κ1) is 25.6. The van der Waals surface area contributed by atoms with Gasteiger partial charge in [-0.2, -0.15) is 5.10 Å². The van der Waals surface area contributed by atoms with E-state index >= 15 is 0 Å². The number of carboxylic acid groups (broad SMARTS) is 1. The molecule has 1 saturated heterocycles. The third-order valence-corrected chi connectivity index (χ3v) is 3.90. The van der Waals surface area contributed by atoms with Crippen LogP contribution in [0.15, 0.2) is 15.9 Å². The van der Waals surface area contributed by atoms with Crippen LogP contribution in [-0.2, 0) is 4.79 Å². The van der Waals surface area contributed by atoms with Gasteiger partial charge in [-0.1, -0.05) is 11.9 Å². The third kappa shape index (κ3) is 6.07. The van der Waals surface area contributed by atoms with Crippen molar-refractivity contribution >= 4 is 35.9 Å². The molecule has 0 aromatic heterocycles. The molecule has 0 bridgehead atoms. The lowest BCUT2D eigenvalue weighted by molar-refractivity contribution is -0.699. The Hall–Kier alpha value is -3.35. The molecule has 2 aliphatic heterocycles. The van der Waals surface area contributed by atoms with Gasteiger partial charge in [0.1, 0.15) is 0 Å². The number of quaternary nitrogens is 1. The van der Waals surface area contributed by atoms with Gasteiger partial charge in [0.2, 0.25) is 0 Å². The van der Waals surface area contributed by atoms with E-state index in [-0.39, 0.29) is 46.8 Å². The van der Waals surface area contributed by atoms with Gasteiger partial charge < -0.3 is 37.3 Å². The number of rotatable bonds is 9. The summed E-state index contributed by atoms with van der Waals surface area (Å²) in [5.74, 6) is -1.41. The highest BCUT2D eigenvalue weighted by Gasteiger charge is 2.46. The van der Waals surface area contributed by atoms with Crippen molar-refractivity contribution in [3.8, 4) is 0 Å². The Morgan fingerprint density at radius 3 is 2.69 bits per heavy atom. The van der Waals surface area contributed by atoms with Crippen molar-refractivity contribution in [2.45, 2.75) is 18.9 Å². The minimum absolute atomic E-state index is 0. The average Bonchev–Trinajstić information content (AvgIpc) is 2.92. The molecule has 29 heavy (non-hydrogen) atoms. The molecule has 2 rings (SSSR count). The zero-order valence-corrected chi connectivity index (χ0v) is 15.9. The highest BCUT2D eigenvalue weighted by atomic mass is 32.2. The Kier molecular flexibility index (Phi) is 9.60. The summed E-state index contributed by atoms with van der Waals surface area (Å²) in [7, 11) is 0. The molecule has 0 spiro atoms. The van der Waals surface area contributed by atoms with Gasteiger partial charge in [-0.25, -0.2) is 19.7 Å². The molecule has 2 amide bonds. The third-order valence-electron chi connectivity index (χ3n) is 3.39. The normalized spacial score (nSPS) is 15.8. The number of nitrogens with one attached hydrogen (secondary N) is 1. The fraction of sp³-hybridized carbons (Fsp3) is 0.455. The number of guanidine groups is 2. The lowest BCUT2D eigenvalue weighted by Gasteiger charge is -2.35. The van der Waals surface area contributed by atoms with Crippen LogP contribution in [0.3, 0.4) is 0 Å². The largest absolute Gasteiger partial charge is 0.477 e. The smallest absolute Gasteiger partial charge is 0.408 e. The van der Waals surface area contributed by atoms with Crippen LogP contribution in [0.4, 0.5) is 4.79 Å². The molecule has 0 saturated carbocycles. The summed E-state index contributed by atoms with van der Waals surface area (Å²) in [5, 5.41) is 28.2. The van der Waals surface area contributed by atoms with Crippen molar-refractivity contribution in [2.75, 3.05) is 12.8 Å². The Morgan fingerprint density at radius 1 is 1.52 bits per heavy atom. The molecule has 0 unspecified atom stereocenters. The van der Waals surface area contributed by atoms with E-state index in [1.807, 2.05) is 0 Å². The number of carbonyl (C=O) groups excluding carboxylic acids is 1. The lowest BCUT2D eigenvalue weighted by atomic mass is 10.1. The summed E-state index contributed by atoms with van der Waals surface area (Å²) < 4.78 is 1.22. The summed E-state index contributed by atoms with van der Waals surface area (Å²) in [6.07, 6.45) is 4.89. The first-order chi connectivity index (χ1) is 12.7. The Bertz CT molecular complexity index is 725. The zero-order chi connectivity index (χ0) is 20.1. The molecule has 1 atom stereocenters. The van der Waals surface area contributed by atoms with Gasteiger partial charge in [-0.15, -0.1) is 5.01 Å². The zero-order valence-electron chi connectivity index (χ0n) is 15.1. The summed E-state index contributed by atoms with van der Waals surface area (Å²) in [4.78, 5) is 38.4. The van der Waals surface area contributed by atoms with Gasteiger partial charge in [0.25, 0.3) is 5.96 Å². The Morgan fingerprint density at radius 2 is 2.17 bits per heavy atom. The van der Waals surface area contributed by atoms with E-state index in [0.717, 1.165) is 17.0 Å². The van der Waals surface area contributed by atoms with Crippen molar-refractivity contribution in [1.29, 1.82) is 0 Å². The molecular formula is C11H22N10O7S. The second-order valence-electron chi connectivity index (χ2n) is 5.21. The second-order valence-corrected chi connectivity index (χ2v) is 5.92. The first-order valence-corrected chi connectivity index (χ1v) is 8.67. The van der Waals surface area contributed by atoms with Gasteiger partial charge in [0.15, 0.2) is 17.0 Å². The van der Waals surface area contributed by atoms with E-state index in [9.17, 15) is 24.8 Å². The second kappa shape index (κ2) is 10.8. The summed E-state index contributed by atoms with van der Waals surface area (Å²) in [6.45, 7) is 0.233. The quantitative estimate of drug-likeness (QED) is 0.0436. The summed E-state index contributed by atoms with van der Waals surface area (Å²) in [5.41, 5.74) is 10.4. The van der Waals surface area contributed by atoms with E-state index < -0.39 is 23.1 Å². The Labute approximate surface area is 167 Å². The Balaban J connectivity index is 0.00000392. The number of carbonyl (C=O) groups is 2. The molecule has 1 fully saturated rings. The number of nitro groups is 1. The molecule has 0 aromatic rings. The maximum absolute atomic E-state index is 11.8. The van der Waals surface area contributed by atoms with Crippen molar-refractivity contribution in [1.82, 2.24) is 19.9 Å². The van der Waals surface area contributed by atoms with Crippen LogP contribution in [0.1, 0.15) is 12.8 Å². The van der Waals surface area contributed by atoms with Gasteiger partial charge in [-0.05, 0) is 6.42 Å². The van der Waals surface area contributed by atoms with Crippen LogP contribution < -0.4 is 22.1 Å². The van der Waals surface area contributed by atoms with Crippen LogP contribution in [0.5, 0.6) is 0 Å². The van der Waals surface area contributed by atoms with Crippen LogP contribution >= 0.6 is 11.9 Å². The number of fused-ring (bicyclic) bond motifs is 1. The molecule has 0 aromatic carbocycles. The van der Waals surface area contributed by atoms with E-state index in [4.69, 9.17) is 11.5 Å². The van der Waals surface area contributed by atoms with E-state index in [2.05, 4.69) is 21.6 Å². The molecule has 164 valence electrons. The van der Waals surface area contributed by atoms with E-state index in [0.29, 0.717) is 6.42 Å². The van der Waals surface area contributed by atoms with Crippen molar-refractivity contribution in [2.24, 2.45) is 21.6 Å². The standard InChI is InChI=1S/C11H17N10O5S.2H2O/c1-27-18-5-7(15-6(8(22)23)3-2-4-14-9(12)13)19-10(17-18)16-11(24)20(19)21(25)26;;/h6,15H,2-4H2,1H3,(H,22,23)(H4,12,13,14)(H,16,17,24);2*1H2/q-1;;/p+1/t6-;;/m0../s1. The maximum Gasteiger partial charge on any atom is 0.408 e. The monoisotopic (exact) mass is 438 g/mol. The molecule has 2 aliphatic rings. The first-order valence-electron chi connectivity index (χ1n) is 7.49. The number of aliphatic imine (C=N–C) groups is 1. The highest BCUT2D eigenvalue weighted by molar-refractivity contribution is 7.96. The number of carboxylic acids is 1. The number of urea groups is 1. The van der Waals surface area contributed by atoms with Crippen LogP contribution in [0, 0.1) is 16.3 Å². The van der Waals surface area contributed by atoms with Crippen LogP contribution in [0.2, 0.25) is 0 Å². The molecule has 2 heterocycles. The minimum atomic E-state index is -1.15. The summed E-state index contributed by atoms with van der Waals surface area (Å²) in [6, 6.07) is -2.05. The van der Waals surface area contributed by atoms with Crippen LogP contribution in [0.25, 0.3) is 0 Å². The number of aliphatic carboxylic acids is 1. The van der Waals surface area contributed by atoms with Crippen LogP contribution in [-0.4, -0.2) is 78.4 Å². The van der Waals surface area contributed by atoms with Crippen molar-refractivity contribution in [3.63, 3.8) is 0 Å². The number of nitrogens with two attached hydrogens (primary N) is 3. The molecule has 17 nitrogen and oxygen atoms in total. The molecular weight excluding hydrogens is 416 g/mol. The number of hydrogen-bond acceptors (Lipinski definition) is 9. The molecule has 12 N–H and O–H groups in total. The fourth-order valence-corrected chi connectivity index (χ4v) is 2.59. The molecule has 18 heteroatoms. The number of nitrogens with zero attached hydrogens (tertiary/aromatic N) is 6. The number of amides is 2. The number of hydrazine groups is 2. The predicted octanol–water partition coefficient (Wildman–Crippen LogP) is -4.69. The fourth-order valence-electron chi connectivity index (χ4n) is 2.25. The van der Waals surface area contributed by atoms with Gasteiger partial charge in [-0.3, -0.25) is 16.5 Å². The SMILES string of the molecule is CSN1[C-]=C([NH2+][C@@H](CCCN=C(N)N)C(=O)O)N2C(=N1)NC(=O)N2[N+](=O)[O-].O.O. The maximum atomic E-state index is 11.8. The molecule has 0 radical (unpaired) electrons. The van der Waals surface area contributed by atoms with Crippen molar-refractivity contribution in [3.05, 3.63) is 22.1 Å². The number of hydrogen-bond donors (Lipinski definition) is 5. The average molecular weight is 438 g/mol. The topological polar surface area (TPSA) is 276 Å². The minimum Gasteiger partial charge on any atom is -0.477 e. The van der Waals surface area contributed by atoms with Gasteiger partial charge >= 0.3 is 12.0 Å². The predicted molar refractivity (Wildman–Crippen MR) is 99.2 cm³/mol. The highest BCUT2D eigenvalue weighted by Crippen LogP contribution is 2.20.